The predicted molar refractivity (Wildman–Crippen MR) is 112 cm³/mol. The number of fused-ring (bicyclic) bond motifs is 1. The van der Waals surface area contributed by atoms with Crippen molar-refractivity contribution in [1.82, 2.24) is 0 Å². The van der Waals surface area contributed by atoms with Crippen molar-refractivity contribution in [2.45, 2.75) is 29.3 Å². The summed E-state index contributed by atoms with van der Waals surface area (Å²) in [5, 5.41) is 2.39. The molecule has 3 atom stereocenters. The maximum Gasteiger partial charge on any atom is 0.212 e. The summed E-state index contributed by atoms with van der Waals surface area (Å²) in [5.74, 6) is 0.848. The summed E-state index contributed by atoms with van der Waals surface area (Å²) in [6.45, 7) is 1.20. The van der Waals surface area contributed by atoms with Crippen LogP contribution in [0.1, 0.15) is 12.0 Å². The second-order valence-electron chi connectivity index (χ2n) is 6.51. The molecule has 26 heavy (non-hydrogen) atoms. The Morgan fingerprint density at radius 3 is 2.54 bits per heavy atom. The zero-order chi connectivity index (χ0) is 17.8. The van der Waals surface area contributed by atoms with E-state index >= 15 is 0 Å². The van der Waals surface area contributed by atoms with Crippen LogP contribution < -0.4 is 4.74 Å². The molecule has 0 unspecified atom stereocenters. The van der Waals surface area contributed by atoms with Gasteiger partial charge in [-0.05, 0) is 34.9 Å². The summed E-state index contributed by atoms with van der Waals surface area (Å²) >= 11 is 2.41. The molecular weight excluding hydrogens is 439 g/mol. The van der Waals surface area contributed by atoms with E-state index in [0.29, 0.717) is 17.1 Å². The molecule has 1 aliphatic heterocycles. The molecule has 3 aromatic rings. The quantitative estimate of drug-likeness (QED) is 0.367. The van der Waals surface area contributed by atoms with E-state index in [-0.39, 0.29) is 12.4 Å². The van der Waals surface area contributed by atoms with E-state index < -0.39 is 0 Å². The van der Waals surface area contributed by atoms with Crippen molar-refractivity contribution >= 4 is 33.4 Å². The number of benzene rings is 3. The molecule has 134 valence electrons. The monoisotopic (exact) mass is 460 g/mol. The van der Waals surface area contributed by atoms with E-state index in [4.69, 9.17) is 14.2 Å². The van der Waals surface area contributed by atoms with Gasteiger partial charge in [0.05, 0.1) is 23.2 Å². The zero-order valence-electron chi connectivity index (χ0n) is 14.4. The van der Waals surface area contributed by atoms with Crippen LogP contribution in [0.2, 0.25) is 0 Å². The molecule has 1 heterocycles. The van der Waals surface area contributed by atoms with Crippen molar-refractivity contribution in [2.24, 2.45) is 0 Å². The number of rotatable bonds is 6. The first-order chi connectivity index (χ1) is 12.8. The van der Waals surface area contributed by atoms with Crippen molar-refractivity contribution in [3.8, 4) is 5.75 Å². The minimum atomic E-state index is -0.234. The summed E-state index contributed by atoms with van der Waals surface area (Å²) < 4.78 is 18.3. The van der Waals surface area contributed by atoms with Crippen LogP contribution in [0, 0.1) is 0 Å². The lowest BCUT2D eigenvalue weighted by molar-refractivity contribution is -0.0929. The summed E-state index contributed by atoms with van der Waals surface area (Å²) in [6.07, 6.45) is 0.779. The molecule has 0 aromatic heterocycles. The molecule has 4 rings (SSSR count). The van der Waals surface area contributed by atoms with E-state index in [1.807, 2.05) is 36.4 Å². The van der Waals surface area contributed by atoms with E-state index in [9.17, 15) is 0 Å². The first kappa shape index (κ1) is 17.8. The number of halogens is 1. The van der Waals surface area contributed by atoms with Crippen LogP contribution >= 0.6 is 22.6 Å². The predicted octanol–water partition coefficient (Wildman–Crippen LogP) is 5.35. The molecule has 0 aliphatic carbocycles. The summed E-state index contributed by atoms with van der Waals surface area (Å²) in [7, 11) is 0. The fourth-order valence-electron chi connectivity index (χ4n) is 3.16. The Balaban J connectivity index is 1.31. The minimum absolute atomic E-state index is 0.0751. The van der Waals surface area contributed by atoms with Gasteiger partial charge in [-0.15, -0.1) is 0 Å². The van der Waals surface area contributed by atoms with E-state index in [0.717, 1.165) is 12.2 Å². The number of alkyl halides is 1. The molecule has 0 radical (unpaired) electrons. The van der Waals surface area contributed by atoms with Gasteiger partial charge in [-0.3, -0.25) is 0 Å². The molecule has 0 spiro atoms. The summed E-state index contributed by atoms with van der Waals surface area (Å²) in [6, 6.07) is 24.7. The zero-order valence-corrected chi connectivity index (χ0v) is 16.5. The first-order valence-electron chi connectivity index (χ1n) is 8.84. The van der Waals surface area contributed by atoms with Gasteiger partial charge in [-0.25, -0.2) is 0 Å². The third kappa shape index (κ3) is 4.37. The molecule has 1 fully saturated rings. The van der Waals surface area contributed by atoms with Gasteiger partial charge in [0.25, 0.3) is 0 Å². The highest BCUT2D eigenvalue weighted by molar-refractivity contribution is 14.1. The van der Waals surface area contributed by atoms with E-state index in [1.165, 1.54) is 16.3 Å². The Labute approximate surface area is 167 Å². The Morgan fingerprint density at radius 1 is 0.923 bits per heavy atom. The van der Waals surface area contributed by atoms with Gasteiger partial charge in [0.1, 0.15) is 5.75 Å². The maximum absolute atomic E-state index is 6.11. The fraction of sp³-hybridized carbons (Fsp3) is 0.273. The number of ether oxygens (including phenoxy) is 3. The number of hydrogen-bond donors (Lipinski definition) is 0. The molecule has 1 aliphatic rings. The van der Waals surface area contributed by atoms with Crippen LogP contribution in [-0.4, -0.2) is 22.9 Å². The molecule has 3 aromatic carbocycles. The standard InChI is InChI=1S/C22H21IO3/c23-21-13-20(15-24-14-16-6-2-1-3-7-16)26-22(21)25-19-11-10-17-8-4-5-9-18(17)12-19/h1-12,20-22H,13-15H2/t20-,21-,22-/m0/s1. The Morgan fingerprint density at radius 2 is 1.69 bits per heavy atom. The lowest BCUT2D eigenvalue weighted by Gasteiger charge is -2.17. The van der Waals surface area contributed by atoms with Gasteiger partial charge >= 0.3 is 0 Å². The Kier molecular flexibility index (Phi) is 5.72. The average molecular weight is 460 g/mol. The molecule has 1 saturated heterocycles. The van der Waals surface area contributed by atoms with Crippen molar-refractivity contribution in [3.63, 3.8) is 0 Å². The van der Waals surface area contributed by atoms with E-state index in [2.05, 4.69) is 59.0 Å². The van der Waals surface area contributed by atoms with Crippen LogP contribution in [0.4, 0.5) is 0 Å². The molecule has 3 nitrogen and oxygen atoms in total. The van der Waals surface area contributed by atoms with Crippen molar-refractivity contribution in [2.75, 3.05) is 6.61 Å². The molecule has 4 heteroatoms. The van der Waals surface area contributed by atoms with Crippen molar-refractivity contribution in [1.29, 1.82) is 0 Å². The van der Waals surface area contributed by atoms with Gasteiger partial charge in [0, 0.05) is 0 Å². The highest BCUT2D eigenvalue weighted by Gasteiger charge is 2.35. The largest absolute Gasteiger partial charge is 0.464 e. The van der Waals surface area contributed by atoms with Gasteiger partial charge in [-0.2, -0.15) is 0 Å². The SMILES string of the molecule is I[C@H]1C[C@@H](COCc2ccccc2)O[C@@H]1Oc1ccc2ccccc2c1. The van der Waals surface area contributed by atoms with Crippen LogP contribution in [0.3, 0.4) is 0 Å². The second-order valence-corrected chi connectivity index (χ2v) is 8.11. The topological polar surface area (TPSA) is 27.7 Å². The molecule has 0 saturated carbocycles. The minimum Gasteiger partial charge on any atom is -0.464 e. The normalized spacial score (nSPS) is 22.6. The molecule has 0 amide bonds. The summed E-state index contributed by atoms with van der Waals surface area (Å²) in [4.78, 5) is 0. The van der Waals surface area contributed by atoms with Crippen LogP contribution in [0.5, 0.6) is 5.75 Å². The fourth-order valence-corrected chi connectivity index (χ4v) is 4.04. The van der Waals surface area contributed by atoms with Gasteiger partial charge < -0.3 is 14.2 Å². The highest BCUT2D eigenvalue weighted by atomic mass is 127. The Bertz CT molecular complexity index is 852. The smallest absolute Gasteiger partial charge is 0.212 e. The molecule has 0 N–H and O–H groups in total. The molecule has 0 bridgehead atoms. The lowest BCUT2D eigenvalue weighted by Crippen LogP contribution is -2.24. The van der Waals surface area contributed by atoms with Crippen LogP contribution in [-0.2, 0) is 16.1 Å². The maximum atomic E-state index is 6.11. The van der Waals surface area contributed by atoms with Gasteiger partial charge in [-0.1, -0.05) is 83.3 Å². The van der Waals surface area contributed by atoms with Gasteiger partial charge in [0.2, 0.25) is 6.29 Å². The number of hydrogen-bond acceptors (Lipinski definition) is 3. The van der Waals surface area contributed by atoms with Crippen LogP contribution in [0.15, 0.2) is 72.8 Å². The average Bonchev–Trinajstić information content (AvgIpc) is 3.02. The second kappa shape index (κ2) is 8.37. The molecular formula is C22H21IO3. The highest BCUT2D eigenvalue weighted by Crippen LogP contribution is 2.31. The van der Waals surface area contributed by atoms with Crippen LogP contribution in [0.25, 0.3) is 10.8 Å². The Hall–Kier alpha value is -1.63. The summed E-state index contributed by atoms with van der Waals surface area (Å²) in [5.41, 5.74) is 1.18. The third-order valence-electron chi connectivity index (χ3n) is 4.50. The van der Waals surface area contributed by atoms with Gasteiger partial charge in [0.15, 0.2) is 0 Å². The lowest BCUT2D eigenvalue weighted by atomic mass is 10.1. The van der Waals surface area contributed by atoms with Crippen molar-refractivity contribution < 1.29 is 14.2 Å². The first-order valence-corrected chi connectivity index (χ1v) is 10.1. The third-order valence-corrected chi connectivity index (χ3v) is 5.59. The van der Waals surface area contributed by atoms with Crippen molar-refractivity contribution in [3.05, 3.63) is 78.4 Å². The van der Waals surface area contributed by atoms with E-state index in [1.54, 1.807) is 0 Å².